The molecule has 1 aromatic heterocycles. The summed E-state index contributed by atoms with van der Waals surface area (Å²) >= 11 is 1.53. The zero-order valence-electron chi connectivity index (χ0n) is 16.4. The third-order valence-electron chi connectivity index (χ3n) is 4.81. The van der Waals surface area contributed by atoms with Gasteiger partial charge in [-0.1, -0.05) is 30.0 Å². The number of pyridine rings is 1. The first-order valence-corrected chi connectivity index (χ1v) is 10.7. The molecule has 150 valence electrons. The number of benzene rings is 2. The number of fused-ring (bicyclic) bond motifs is 1. The van der Waals surface area contributed by atoms with Crippen molar-refractivity contribution in [3.05, 3.63) is 60.2 Å². The van der Waals surface area contributed by atoms with Crippen LogP contribution >= 0.6 is 11.8 Å². The topological polar surface area (TPSA) is 60.5 Å². The summed E-state index contributed by atoms with van der Waals surface area (Å²) < 4.78 is 11.1. The van der Waals surface area contributed by atoms with Crippen molar-refractivity contribution in [2.24, 2.45) is 0 Å². The summed E-state index contributed by atoms with van der Waals surface area (Å²) in [4.78, 5) is 18.7. The molecule has 5 nitrogen and oxygen atoms in total. The van der Waals surface area contributed by atoms with E-state index >= 15 is 0 Å². The molecular formula is C23H24N2O3S. The van der Waals surface area contributed by atoms with Gasteiger partial charge in [-0.05, 0) is 56.2 Å². The molecule has 0 spiro atoms. The molecule has 1 aliphatic heterocycles. The Morgan fingerprint density at radius 1 is 1.24 bits per heavy atom. The molecule has 1 N–H and O–H groups in total. The smallest absolute Gasteiger partial charge is 0.252 e. The number of nitrogens with zero attached hydrogens (tertiary/aromatic N) is 1. The Morgan fingerprint density at radius 3 is 2.83 bits per heavy atom. The van der Waals surface area contributed by atoms with Crippen LogP contribution in [0.2, 0.25) is 0 Å². The summed E-state index contributed by atoms with van der Waals surface area (Å²) in [6.07, 6.45) is 2.17. The number of rotatable bonds is 7. The molecule has 2 aromatic carbocycles. The molecule has 4 rings (SSSR count). The van der Waals surface area contributed by atoms with Crippen molar-refractivity contribution in [2.45, 2.75) is 35.8 Å². The van der Waals surface area contributed by atoms with Crippen LogP contribution in [0.15, 0.2) is 64.5 Å². The van der Waals surface area contributed by atoms with E-state index in [-0.39, 0.29) is 12.0 Å². The van der Waals surface area contributed by atoms with Crippen molar-refractivity contribution in [1.29, 1.82) is 0 Å². The Bertz CT molecular complexity index is 985. The Kier molecular flexibility index (Phi) is 6.32. The van der Waals surface area contributed by atoms with Gasteiger partial charge in [0.05, 0.1) is 23.8 Å². The van der Waals surface area contributed by atoms with Crippen LogP contribution < -0.4 is 10.1 Å². The van der Waals surface area contributed by atoms with Crippen molar-refractivity contribution in [3.8, 4) is 5.75 Å². The van der Waals surface area contributed by atoms with Gasteiger partial charge in [-0.25, -0.2) is 4.98 Å². The predicted molar refractivity (Wildman–Crippen MR) is 115 cm³/mol. The number of nitrogens with one attached hydrogen (secondary N) is 1. The van der Waals surface area contributed by atoms with Crippen LogP contribution in [-0.2, 0) is 4.74 Å². The summed E-state index contributed by atoms with van der Waals surface area (Å²) in [6.45, 7) is 3.93. The van der Waals surface area contributed by atoms with Crippen LogP contribution in [0.3, 0.4) is 0 Å². The number of aromatic nitrogens is 1. The largest absolute Gasteiger partial charge is 0.494 e. The molecule has 1 atom stereocenters. The Labute approximate surface area is 174 Å². The lowest BCUT2D eigenvalue weighted by Gasteiger charge is -2.13. The van der Waals surface area contributed by atoms with E-state index in [9.17, 15) is 4.79 Å². The Morgan fingerprint density at radius 2 is 2.07 bits per heavy atom. The van der Waals surface area contributed by atoms with Crippen LogP contribution in [0, 0.1) is 0 Å². The number of para-hydroxylation sites is 1. The fourth-order valence-corrected chi connectivity index (χ4v) is 4.22. The molecule has 3 aromatic rings. The number of hydrogen-bond acceptors (Lipinski definition) is 5. The van der Waals surface area contributed by atoms with Gasteiger partial charge in [0.25, 0.3) is 5.91 Å². The molecular weight excluding hydrogens is 384 g/mol. The van der Waals surface area contributed by atoms with Crippen molar-refractivity contribution >= 4 is 28.6 Å². The third-order valence-corrected chi connectivity index (χ3v) is 5.73. The van der Waals surface area contributed by atoms with E-state index in [4.69, 9.17) is 14.5 Å². The maximum atomic E-state index is 12.9. The molecule has 2 heterocycles. The zero-order chi connectivity index (χ0) is 20.1. The second-order valence-electron chi connectivity index (χ2n) is 6.88. The lowest BCUT2D eigenvalue weighted by molar-refractivity contribution is 0.0859. The second kappa shape index (κ2) is 9.29. The SMILES string of the molecule is CCOc1ccc(Sc2cc(C(=O)NCC3CCCO3)c3ccccc3n2)cc1. The van der Waals surface area contributed by atoms with E-state index in [1.807, 2.05) is 61.5 Å². The number of ether oxygens (including phenoxy) is 2. The third kappa shape index (κ3) is 4.89. The van der Waals surface area contributed by atoms with Crippen LogP contribution in [-0.4, -0.2) is 36.8 Å². The highest BCUT2D eigenvalue weighted by atomic mass is 32.2. The second-order valence-corrected chi connectivity index (χ2v) is 7.97. The van der Waals surface area contributed by atoms with Crippen molar-refractivity contribution in [3.63, 3.8) is 0 Å². The van der Waals surface area contributed by atoms with Crippen molar-refractivity contribution < 1.29 is 14.3 Å². The summed E-state index contributed by atoms with van der Waals surface area (Å²) in [7, 11) is 0. The van der Waals surface area contributed by atoms with Crippen LogP contribution in [0.4, 0.5) is 0 Å². The molecule has 1 unspecified atom stereocenters. The molecule has 1 aliphatic rings. The van der Waals surface area contributed by atoms with Crippen LogP contribution in [0.5, 0.6) is 5.75 Å². The van der Waals surface area contributed by atoms with Crippen LogP contribution in [0.25, 0.3) is 10.9 Å². The van der Waals surface area contributed by atoms with Gasteiger partial charge in [0.2, 0.25) is 0 Å². The first kappa shape index (κ1) is 19.7. The average molecular weight is 409 g/mol. The minimum absolute atomic E-state index is 0.0901. The van der Waals surface area contributed by atoms with Gasteiger partial charge in [-0.15, -0.1) is 0 Å². The maximum absolute atomic E-state index is 12.9. The number of carbonyl (C=O) groups excluding carboxylic acids is 1. The van der Waals surface area contributed by atoms with Crippen molar-refractivity contribution in [2.75, 3.05) is 19.8 Å². The maximum Gasteiger partial charge on any atom is 0.252 e. The van der Waals surface area contributed by atoms with E-state index in [1.165, 1.54) is 11.8 Å². The standard InChI is InChI=1S/C23H24N2O3S/c1-2-27-16-9-11-18(12-10-16)29-22-14-20(19-7-3-4-8-21(19)25-22)23(26)24-15-17-6-5-13-28-17/h3-4,7-12,14,17H,2,5-6,13,15H2,1H3,(H,24,26). The van der Waals surface area contributed by atoms with E-state index in [2.05, 4.69) is 5.32 Å². The quantitative estimate of drug-likeness (QED) is 0.614. The molecule has 0 aliphatic carbocycles. The monoisotopic (exact) mass is 408 g/mol. The molecule has 0 saturated carbocycles. The van der Waals surface area contributed by atoms with E-state index < -0.39 is 0 Å². The van der Waals surface area contributed by atoms with Gasteiger partial charge < -0.3 is 14.8 Å². The lowest BCUT2D eigenvalue weighted by atomic mass is 10.1. The fraction of sp³-hybridized carbons (Fsp3) is 0.304. The Hall–Kier alpha value is -2.57. The van der Waals surface area contributed by atoms with E-state index in [0.717, 1.165) is 46.0 Å². The van der Waals surface area contributed by atoms with Gasteiger partial charge in [0.1, 0.15) is 10.8 Å². The normalized spacial score (nSPS) is 16.1. The minimum Gasteiger partial charge on any atom is -0.494 e. The summed E-state index contributed by atoms with van der Waals surface area (Å²) in [5.41, 5.74) is 1.45. The van der Waals surface area contributed by atoms with Gasteiger partial charge in [0.15, 0.2) is 0 Å². The Balaban J connectivity index is 1.57. The minimum atomic E-state index is -0.0901. The molecule has 0 radical (unpaired) electrons. The molecule has 1 saturated heterocycles. The van der Waals surface area contributed by atoms with Crippen molar-refractivity contribution in [1.82, 2.24) is 10.3 Å². The number of hydrogen-bond donors (Lipinski definition) is 1. The van der Waals surface area contributed by atoms with Crippen LogP contribution in [0.1, 0.15) is 30.1 Å². The number of carbonyl (C=O) groups is 1. The fourth-order valence-electron chi connectivity index (χ4n) is 3.39. The van der Waals surface area contributed by atoms with E-state index in [1.54, 1.807) is 0 Å². The van der Waals surface area contributed by atoms with E-state index in [0.29, 0.717) is 18.7 Å². The molecule has 1 amide bonds. The molecule has 1 fully saturated rings. The van der Waals surface area contributed by atoms with Gasteiger partial charge in [-0.3, -0.25) is 4.79 Å². The zero-order valence-corrected chi connectivity index (χ0v) is 17.2. The highest BCUT2D eigenvalue weighted by Gasteiger charge is 2.18. The predicted octanol–water partition coefficient (Wildman–Crippen LogP) is 4.69. The average Bonchev–Trinajstić information content (AvgIpc) is 3.27. The lowest BCUT2D eigenvalue weighted by Crippen LogP contribution is -2.31. The molecule has 29 heavy (non-hydrogen) atoms. The summed E-state index contributed by atoms with van der Waals surface area (Å²) in [5.74, 6) is 0.755. The first-order chi connectivity index (χ1) is 14.2. The van der Waals surface area contributed by atoms with Gasteiger partial charge in [-0.2, -0.15) is 0 Å². The summed E-state index contributed by atoms with van der Waals surface area (Å²) in [5, 5.41) is 4.67. The highest BCUT2D eigenvalue weighted by molar-refractivity contribution is 7.99. The molecule has 0 bridgehead atoms. The molecule has 6 heteroatoms. The first-order valence-electron chi connectivity index (χ1n) is 9.93. The van der Waals surface area contributed by atoms with Gasteiger partial charge >= 0.3 is 0 Å². The highest BCUT2D eigenvalue weighted by Crippen LogP contribution is 2.31. The summed E-state index contributed by atoms with van der Waals surface area (Å²) in [6, 6.07) is 17.5. The number of amides is 1. The van der Waals surface area contributed by atoms with Gasteiger partial charge in [0, 0.05) is 23.4 Å².